The molecule has 0 atom stereocenters. The molecule has 2 aromatic heterocycles. The van der Waals surface area contributed by atoms with Gasteiger partial charge in [0.15, 0.2) is 6.61 Å². The van der Waals surface area contributed by atoms with E-state index in [1.807, 2.05) is 17.5 Å². The van der Waals surface area contributed by atoms with Gasteiger partial charge in [0.1, 0.15) is 11.3 Å². The van der Waals surface area contributed by atoms with Crippen molar-refractivity contribution in [3.63, 3.8) is 0 Å². The highest BCUT2D eigenvalue weighted by Crippen LogP contribution is 2.34. The van der Waals surface area contributed by atoms with E-state index in [0.717, 1.165) is 10.9 Å². The van der Waals surface area contributed by atoms with E-state index in [2.05, 4.69) is 0 Å². The van der Waals surface area contributed by atoms with Crippen molar-refractivity contribution < 1.29 is 27.1 Å². The molecule has 0 fully saturated rings. The molecular formula is C18H14F3NO4S. The molecule has 5 nitrogen and oxygen atoms in total. The number of nitrogens with zero attached hydrogens (tertiary/aromatic N) is 1. The maximum atomic E-state index is 13.0. The van der Waals surface area contributed by atoms with Gasteiger partial charge in [0.2, 0.25) is 0 Å². The van der Waals surface area contributed by atoms with Crippen LogP contribution in [0.25, 0.3) is 11.0 Å². The van der Waals surface area contributed by atoms with Gasteiger partial charge < -0.3 is 14.1 Å². The Morgan fingerprint density at radius 1 is 1.26 bits per heavy atom. The molecule has 0 spiro atoms. The van der Waals surface area contributed by atoms with Crippen molar-refractivity contribution in [3.05, 3.63) is 62.6 Å². The molecule has 0 radical (unpaired) electrons. The minimum atomic E-state index is -4.68. The van der Waals surface area contributed by atoms with E-state index in [0.29, 0.717) is 12.6 Å². The van der Waals surface area contributed by atoms with Crippen molar-refractivity contribution in [1.29, 1.82) is 0 Å². The summed E-state index contributed by atoms with van der Waals surface area (Å²) in [5, 5.41) is 1.65. The van der Waals surface area contributed by atoms with Gasteiger partial charge in [-0.25, -0.2) is 4.79 Å². The summed E-state index contributed by atoms with van der Waals surface area (Å²) in [7, 11) is 1.63. The van der Waals surface area contributed by atoms with Gasteiger partial charge >= 0.3 is 11.8 Å². The fourth-order valence-corrected chi connectivity index (χ4v) is 3.20. The minimum absolute atomic E-state index is 0.128. The van der Waals surface area contributed by atoms with Gasteiger partial charge in [-0.15, -0.1) is 11.3 Å². The van der Waals surface area contributed by atoms with Crippen molar-refractivity contribution in [2.24, 2.45) is 0 Å². The van der Waals surface area contributed by atoms with E-state index in [9.17, 15) is 22.8 Å². The number of alkyl halides is 3. The maximum Gasteiger partial charge on any atom is 0.417 e. The minimum Gasteiger partial charge on any atom is -0.484 e. The predicted octanol–water partition coefficient (Wildman–Crippen LogP) is 3.91. The second kappa shape index (κ2) is 7.43. The van der Waals surface area contributed by atoms with Crippen LogP contribution >= 0.6 is 11.3 Å². The van der Waals surface area contributed by atoms with E-state index in [1.165, 1.54) is 28.4 Å². The zero-order chi connectivity index (χ0) is 19.6. The maximum absolute atomic E-state index is 13.0. The first-order valence-electron chi connectivity index (χ1n) is 7.78. The lowest BCUT2D eigenvalue weighted by Gasteiger charge is -2.16. The van der Waals surface area contributed by atoms with Crippen LogP contribution in [0.5, 0.6) is 5.75 Å². The number of fused-ring (bicyclic) bond motifs is 1. The van der Waals surface area contributed by atoms with Crippen LogP contribution in [0, 0.1) is 0 Å². The van der Waals surface area contributed by atoms with Crippen LogP contribution in [0.15, 0.2) is 51.0 Å². The summed E-state index contributed by atoms with van der Waals surface area (Å²) in [6.45, 7) is 0.137. The van der Waals surface area contributed by atoms with Crippen molar-refractivity contribution in [3.8, 4) is 5.75 Å². The summed E-state index contributed by atoms with van der Waals surface area (Å²) in [6, 6.07) is 7.80. The molecule has 0 aliphatic carbocycles. The number of carbonyl (C=O) groups excluding carboxylic acids is 1. The van der Waals surface area contributed by atoms with Crippen LogP contribution in [0.4, 0.5) is 13.2 Å². The van der Waals surface area contributed by atoms with E-state index < -0.39 is 17.4 Å². The molecular weight excluding hydrogens is 383 g/mol. The molecule has 3 aromatic rings. The van der Waals surface area contributed by atoms with Crippen LogP contribution in [0.2, 0.25) is 0 Å². The molecule has 0 aliphatic heterocycles. The summed E-state index contributed by atoms with van der Waals surface area (Å²) < 4.78 is 49.3. The molecule has 0 N–H and O–H groups in total. The Kier molecular flexibility index (Phi) is 5.22. The Morgan fingerprint density at radius 3 is 2.70 bits per heavy atom. The highest BCUT2D eigenvalue weighted by Gasteiger charge is 2.33. The number of rotatable bonds is 5. The first-order valence-corrected chi connectivity index (χ1v) is 8.66. The van der Waals surface area contributed by atoms with Gasteiger partial charge in [-0.1, -0.05) is 6.07 Å². The summed E-state index contributed by atoms with van der Waals surface area (Å²) in [4.78, 5) is 26.0. The third-order valence-corrected chi connectivity index (χ3v) is 4.64. The molecule has 3 rings (SSSR count). The topological polar surface area (TPSA) is 59.8 Å². The number of hydrogen-bond donors (Lipinski definition) is 0. The quantitative estimate of drug-likeness (QED) is 0.613. The third kappa shape index (κ3) is 4.48. The Hall–Kier alpha value is -2.81. The van der Waals surface area contributed by atoms with Gasteiger partial charge in [-0.3, -0.25) is 4.79 Å². The van der Waals surface area contributed by atoms with Crippen molar-refractivity contribution in [2.45, 2.75) is 12.7 Å². The van der Waals surface area contributed by atoms with Crippen molar-refractivity contribution >= 4 is 28.2 Å². The molecule has 9 heteroatoms. The van der Waals surface area contributed by atoms with Crippen LogP contribution < -0.4 is 10.4 Å². The molecule has 142 valence electrons. The van der Waals surface area contributed by atoms with Crippen molar-refractivity contribution in [2.75, 3.05) is 13.7 Å². The number of amides is 1. The van der Waals surface area contributed by atoms with Crippen LogP contribution in [-0.4, -0.2) is 24.5 Å². The molecule has 1 aromatic carbocycles. The SMILES string of the molecule is CN(Cc1cccs1)C(=O)COc1ccc2c(C(F)(F)F)cc(=O)oc2c1. The molecule has 0 saturated heterocycles. The highest BCUT2D eigenvalue weighted by atomic mass is 32.1. The summed E-state index contributed by atoms with van der Waals surface area (Å²) in [5.41, 5.74) is -2.45. The average Bonchev–Trinajstić information content (AvgIpc) is 3.10. The molecule has 0 saturated carbocycles. The lowest BCUT2D eigenvalue weighted by atomic mass is 10.1. The van der Waals surface area contributed by atoms with E-state index >= 15 is 0 Å². The number of halogens is 3. The third-order valence-electron chi connectivity index (χ3n) is 3.78. The largest absolute Gasteiger partial charge is 0.484 e. The van der Waals surface area contributed by atoms with Crippen LogP contribution in [0.1, 0.15) is 10.4 Å². The molecule has 0 bridgehead atoms. The van der Waals surface area contributed by atoms with Gasteiger partial charge in [-0.05, 0) is 23.6 Å². The van der Waals surface area contributed by atoms with Gasteiger partial charge in [0, 0.05) is 29.4 Å². The van der Waals surface area contributed by atoms with Gasteiger partial charge in [-0.2, -0.15) is 13.2 Å². The second-order valence-corrected chi connectivity index (χ2v) is 6.78. The number of thiophene rings is 1. The average molecular weight is 397 g/mol. The number of benzene rings is 1. The summed E-state index contributed by atoms with van der Waals surface area (Å²) in [5.74, 6) is -0.170. The van der Waals surface area contributed by atoms with Gasteiger partial charge in [0.05, 0.1) is 12.1 Å². The molecule has 27 heavy (non-hydrogen) atoms. The number of ether oxygens (including phenoxy) is 1. The number of likely N-dealkylation sites (N-methyl/N-ethyl adjacent to an activating group) is 1. The highest BCUT2D eigenvalue weighted by molar-refractivity contribution is 7.09. The zero-order valence-corrected chi connectivity index (χ0v) is 14.9. The smallest absolute Gasteiger partial charge is 0.417 e. The van der Waals surface area contributed by atoms with E-state index in [4.69, 9.17) is 9.15 Å². The fraction of sp³-hybridized carbons (Fsp3) is 0.222. The molecule has 2 heterocycles. The Balaban J connectivity index is 1.74. The Labute approximate surface area is 155 Å². The molecule has 0 aliphatic rings. The number of carbonyl (C=O) groups is 1. The second-order valence-electron chi connectivity index (χ2n) is 5.75. The number of hydrogen-bond acceptors (Lipinski definition) is 5. The lowest BCUT2D eigenvalue weighted by Crippen LogP contribution is -2.30. The van der Waals surface area contributed by atoms with Crippen LogP contribution in [-0.2, 0) is 17.5 Å². The Morgan fingerprint density at radius 2 is 2.04 bits per heavy atom. The first kappa shape index (κ1) is 19.0. The predicted molar refractivity (Wildman–Crippen MR) is 93.8 cm³/mol. The van der Waals surface area contributed by atoms with Crippen molar-refractivity contribution in [1.82, 2.24) is 4.90 Å². The summed E-state index contributed by atoms with van der Waals surface area (Å²) in [6.07, 6.45) is -4.68. The molecule has 1 amide bonds. The summed E-state index contributed by atoms with van der Waals surface area (Å²) >= 11 is 1.52. The normalized spacial score (nSPS) is 11.6. The Bertz CT molecular complexity index is 1010. The van der Waals surface area contributed by atoms with E-state index in [-0.39, 0.29) is 29.2 Å². The zero-order valence-electron chi connectivity index (χ0n) is 14.1. The first-order chi connectivity index (χ1) is 12.7. The molecule has 0 unspecified atom stereocenters. The van der Waals surface area contributed by atoms with E-state index in [1.54, 1.807) is 7.05 Å². The van der Waals surface area contributed by atoms with Gasteiger partial charge in [0.25, 0.3) is 5.91 Å². The fourth-order valence-electron chi connectivity index (χ4n) is 2.45. The lowest BCUT2D eigenvalue weighted by molar-refractivity contribution is -0.136. The monoisotopic (exact) mass is 397 g/mol. The van der Waals surface area contributed by atoms with Crippen LogP contribution in [0.3, 0.4) is 0 Å². The standard InChI is InChI=1S/C18H14F3NO4S/c1-22(9-12-3-2-6-27-12)16(23)10-25-11-4-5-13-14(18(19,20)21)8-17(24)26-15(13)7-11/h2-8H,9-10H2,1H3.